The third-order valence-corrected chi connectivity index (χ3v) is 3.43. The average molecular weight is 281 g/mol. The van der Waals surface area contributed by atoms with E-state index in [1.54, 1.807) is 5.32 Å². The minimum Gasteiger partial charge on any atom is -0.481 e. The number of carbonyl (C=O) groups is 2. The summed E-state index contributed by atoms with van der Waals surface area (Å²) in [5.41, 5.74) is 0. The standard InChI is InChI=1S/C10H10F3NO3S/c1-5(8(15)16)7-3-2-6(18-7)4-14-9(17)10(11,12)13/h2-3,5H,4H2,1H3,(H,14,17)(H,15,16). The van der Waals surface area contributed by atoms with Gasteiger partial charge in [-0.25, -0.2) is 0 Å². The van der Waals surface area contributed by atoms with Crippen LogP contribution in [0.2, 0.25) is 0 Å². The van der Waals surface area contributed by atoms with Gasteiger partial charge in [0.25, 0.3) is 0 Å². The summed E-state index contributed by atoms with van der Waals surface area (Å²) in [5.74, 6) is -3.74. The Hall–Kier alpha value is -1.57. The molecule has 0 aliphatic heterocycles. The van der Waals surface area contributed by atoms with Crippen molar-refractivity contribution in [1.29, 1.82) is 0 Å². The molecule has 0 fully saturated rings. The molecule has 1 heterocycles. The molecule has 0 aromatic carbocycles. The van der Waals surface area contributed by atoms with Crippen molar-refractivity contribution in [3.63, 3.8) is 0 Å². The second-order valence-electron chi connectivity index (χ2n) is 3.54. The Morgan fingerprint density at radius 2 is 2.06 bits per heavy atom. The predicted molar refractivity (Wildman–Crippen MR) is 58.3 cm³/mol. The normalized spacial score (nSPS) is 13.1. The number of carboxylic acid groups (broad SMARTS) is 1. The molecule has 0 aliphatic rings. The van der Waals surface area contributed by atoms with Crippen LogP contribution in [0.15, 0.2) is 12.1 Å². The molecule has 0 bridgehead atoms. The van der Waals surface area contributed by atoms with Crippen LogP contribution in [0.5, 0.6) is 0 Å². The van der Waals surface area contributed by atoms with E-state index in [2.05, 4.69) is 0 Å². The van der Waals surface area contributed by atoms with Gasteiger partial charge in [-0.05, 0) is 19.1 Å². The van der Waals surface area contributed by atoms with Crippen LogP contribution >= 0.6 is 11.3 Å². The smallest absolute Gasteiger partial charge is 0.471 e. The molecule has 18 heavy (non-hydrogen) atoms. The van der Waals surface area contributed by atoms with E-state index in [1.165, 1.54) is 19.1 Å². The number of halogens is 3. The first-order chi connectivity index (χ1) is 8.21. The molecule has 8 heteroatoms. The predicted octanol–water partition coefficient (Wildman–Crippen LogP) is 2.11. The van der Waals surface area contributed by atoms with Gasteiger partial charge in [0, 0.05) is 9.75 Å². The zero-order chi connectivity index (χ0) is 13.9. The molecule has 0 aliphatic carbocycles. The summed E-state index contributed by atoms with van der Waals surface area (Å²) in [6.07, 6.45) is -4.91. The topological polar surface area (TPSA) is 66.4 Å². The largest absolute Gasteiger partial charge is 0.481 e. The molecular formula is C10H10F3NO3S. The van der Waals surface area contributed by atoms with E-state index in [0.29, 0.717) is 9.75 Å². The van der Waals surface area contributed by atoms with Crippen molar-refractivity contribution in [2.75, 3.05) is 0 Å². The summed E-state index contributed by atoms with van der Waals surface area (Å²) in [5, 5.41) is 10.5. The zero-order valence-electron chi connectivity index (χ0n) is 9.25. The average Bonchev–Trinajstić information content (AvgIpc) is 2.71. The van der Waals surface area contributed by atoms with Crippen LogP contribution in [0.4, 0.5) is 13.2 Å². The molecule has 0 saturated heterocycles. The lowest BCUT2D eigenvalue weighted by Gasteiger charge is -2.06. The van der Waals surface area contributed by atoms with Gasteiger partial charge < -0.3 is 10.4 Å². The fraction of sp³-hybridized carbons (Fsp3) is 0.400. The van der Waals surface area contributed by atoms with E-state index < -0.39 is 24.0 Å². The fourth-order valence-electron chi connectivity index (χ4n) is 1.11. The zero-order valence-corrected chi connectivity index (χ0v) is 10.1. The number of rotatable bonds is 4. The van der Waals surface area contributed by atoms with E-state index >= 15 is 0 Å². The third kappa shape index (κ3) is 3.73. The van der Waals surface area contributed by atoms with Crippen molar-refractivity contribution in [1.82, 2.24) is 5.32 Å². The van der Waals surface area contributed by atoms with Crippen LogP contribution in [0, 0.1) is 0 Å². The third-order valence-electron chi connectivity index (χ3n) is 2.16. The van der Waals surface area contributed by atoms with Crippen LogP contribution < -0.4 is 5.32 Å². The van der Waals surface area contributed by atoms with Crippen LogP contribution in [0.1, 0.15) is 22.6 Å². The maximum absolute atomic E-state index is 11.9. The maximum atomic E-state index is 11.9. The first-order valence-electron chi connectivity index (χ1n) is 4.88. The van der Waals surface area contributed by atoms with E-state index in [9.17, 15) is 22.8 Å². The second kappa shape index (κ2) is 5.38. The highest BCUT2D eigenvalue weighted by Gasteiger charge is 2.38. The fourth-order valence-corrected chi connectivity index (χ4v) is 2.11. The molecule has 0 radical (unpaired) electrons. The number of carboxylic acids is 1. The first-order valence-corrected chi connectivity index (χ1v) is 5.70. The molecule has 4 nitrogen and oxygen atoms in total. The van der Waals surface area contributed by atoms with Crippen LogP contribution in [-0.2, 0) is 16.1 Å². The van der Waals surface area contributed by atoms with Gasteiger partial charge in [0.05, 0.1) is 12.5 Å². The van der Waals surface area contributed by atoms with Gasteiger partial charge in [-0.3, -0.25) is 9.59 Å². The lowest BCUT2D eigenvalue weighted by Crippen LogP contribution is -2.36. The van der Waals surface area contributed by atoms with Crippen molar-refractivity contribution in [2.45, 2.75) is 25.6 Å². The number of aliphatic carboxylic acids is 1. The number of nitrogens with one attached hydrogen (secondary N) is 1. The first kappa shape index (κ1) is 14.5. The molecule has 1 aromatic rings. The lowest BCUT2D eigenvalue weighted by atomic mass is 10.1. The van der Waals surface area contributed by atoms with Gasteiger partial charge in [0.15, 0.2) is 0 Å². The van der Waals surface area contributed by atoms with E-state index in [-0.39, 0.29) is 6.54 Å². The highest BCUT2D eigenvalue weighted by atomic mass is 32.1. The minimum atomic E-state index is -4.91. The lowest BCUT2D eigenvalue weighted by molar-refractivity contribution is -0.173. The van der Waals surface area contributed by atoms with E-state index in [4.69, 9.17) is 5.11 Å². The highest BCUT2D eigenvalue weighted by Crippen LogP contribution is 2.25. The number of thiophene rings is 1. The molecule has 100 valence electrons. The van der Waals surface area contributed by atoms with Crippen molar-refractivity contribution >= 4 is 23.2 Å². The maximum Gasteiger partial charge on any atom is 0.471 e. The van der Waals surface area contributed by atoms with Crippen molar-refractivity contribution in [3.05, 3.63) is 21.9 Å². The van der Waals surface area contributed by atoms with Crippen molar-refractivity contribution in [3.8, 4) is 0 Å². The number of carbonyl (C=O) groups excluding carboxylic acids is 1. The van der Waals surface area contributed by atoms with Crippen molar-refractivity contribution in [2.24, 2.45) is 0 Å². The Morgan fingerprint density at radius 1 is 1.44 bits per heavy atom. The van der Waals surface area contributed by atoms with Gasteiger partial charge in [-0.15, -0.1) is 11.3 Å². The highest BCUT2D eigenvalue weighted by molar-refractivity contribution is 7.12. The SMILES string of the molecule is CC(C(=O)O)c1ccc(CNC(=O)C(F)(F)F)s1. The Kier molecular flexibility index (Phi) is 4.33. The molecule has 1 amide bonds. The molecule has 1 unspecified atom stereocenters. The van der Waals surface area contributed by atoms with Gasteiger partial charge in [-0.2, -0.15) is 13.2 Å². The molecule has 1 rings (SSSR count). The van der Waals surface area contributed by atoms with Gasteiger partial charge in [0.1, 0.15) is 0 Å². The Labute approximate surface area is 104 Å². The Morgan fingerprint density at radius 3 is 2.56 bits per heavy atom. The molecule has 1 aromatic heterocycles. The monoisotopic (exact) mass is 281 g/mol. The van der Waals surface area contributed by atoms with Crippen LogP contribution in [0.25, 0.3) is 0 Å². The van der Waals surface area contributed by atoms with Crippen LogP contribution in [-0.4, -0.2) is 23.2 Å². The van der Waals surface area contributed by atoms with E-state index in [1.807, 2.05) is 0 Å². The summed E-state index contributed by atoms with van der Waals surface area (Å²) >= 11 is 1.06. The Bertz CT molecular complexity index is 455. The molecule has 2 N–H and O–H groups in total. The molecule has 0 saturated carbocycles. The number of alkyl halides is 3. The quantitative estimate of drug-likeness (QED) is 0.888. The van der Waals surface area contributed by atoms with Crippen molar-refractivity contribution < 1.29 is 27.9 Å². The summed E-state index contributed by atoms with van der Waals surface area (Å²) in [4.78, 5) is 22.3. The van der Waals surface area contributed by atoms with E-state index in [0.717, 1.165) is 11.3 Å². The minimum absolute atomic E-state index is 0.269. The van der Waals surface area contributed by atoms with Gasteiger partial charge in [-0.1, -0.05) is 0 Å². The Balaban J connectivity index is 2.60. The number of hydrogen-bond acceptors (Lipinski definition) is 3. The van der Waals surface area contributed by atoms with Gasteiger partial charge in [0.2, 0.25) is 0 Å². The number of amides is 1. The molecule has 0 spiro atoms. The van der Waals surface area contributed by atoms with Crippen LogP contribution in [0.3, 0.4) is 0 Å². The van der Waals surface area contributed by atoms with Gasteiger partial charge >= 0.3 is 18.1 Å². The molecule has 1 atom stereocenters. The summed E-state index contributed by atoms with van der Waals surface area (Å²) < 4.78 is 35.7. The summed E-state index contributed by atoms with van der Waals surface area (Å²) in [6.45, 7) is 1.21. The molecular weight excluding hydrogens is 271 g/mol. The number of hydrogen-bond donors (Lipinski definition) is 2. The second-order valence-corrected chi connectivity index (χ2v) is 4.74. The summed E-state index contributed by atoms with van der Waals surface area (Å²) in [7, 11) is 0. The summed E-state index contributed by atoms with van der Waals surface area (Å²) in [6, 6.07) is 3.02.